The molecule has 0 saturated carbocycles. The van der Waals surface area contributed by atoms with Gasteiger partial charge >= 0.3 is 5.63 Å². The van der Waals surface area contributed by atoms with Crippen LogP contribution in [0.5, 0.6) is 0 Å². The summed E-state index contributed by atoms with van der Waals surface area (Å²) in [5.74, 6) is 0. The molecular weight excluding hydrogens is 358 g/mol. The third kappa shape index (κ3) is 2.15. The molecule has 0 unspecified atom stereocenters. The van der Waals surface area contributed by atoms with Crippen LogP contribution in [0.1, 0.15) is 5.56 Å². The van der Waals surface area contributed by atoms with E-state index < -0.39 is 0 Å². The summed E-state index contributed by atoms with van der Waals surface area (Å²) in [6, 6.07) is 28.6. The molecule has 0 aliphatic heterocycles. The van der Waals surface area contributed by atoms with Crippen LogP contribution in [0, 0.1) is 6.92 Å². The van der Waals surface area contributed by atoms with Crippen molar-refractivity contribution in [3.63, 3.8) is 0 Å². The van der Waals surface area contributed by atoms with Crippen LogP contribution in [-0.4, -0.2) is 4.57 Å². The van der Waals surface area contributed by atoms with Crippen molar-refractivity contribution in [1.82, 2.24) is 4.57 Å². The van der Waals surface area contributed by atoms with Crippen LogP contribution in [0.25, 0.3) is 49.2 Å². The van der Waals surface area contributed by atoms with Gasteiger partial charge in [0.25, 0.3) is 0 Å². The van der Waals surface area contributed by atoms with Gasteiger partial charge in [0.1, 0.15) is 5.58 Å². The van der Waals surface area contributed by atoms with Crippen LogP contribution in [0.2, 0.25) is 0 Å². The monoisotopic (exact) mass is 375 g/mol. The molecule has 0 saturated heterocycles. The molecule has 0 aliphatic rings. The fourth-order valence-corrected chi connectivity index (χ4v) is 4.54. The first kappa shape index (κ1) is 16.1. The summed E-state index contributed by atoms with van der Waals surface area (Å²) in [4.78, 5) is 12.6. The molecule has 3 nitrogen and oxygen atoms in total. The smallest absolute Gasteiger partial charge is 0.344 e. The van der Waals surface area contributed by atoms with Gasteiger partial charge in [0.2, 0.25) is 0 Å². The van der Waals surface area contributed by atoms with Gasteiger partial charge in [0.05, 0.1) is 16.4 Å². The molecule has 0 radical (unpaired) electrons. The third-order valence-corrected chi connectivity index (χ3v) is 5.80. The molecule has 6 aromatic rings. The number of hydrogen-bond acceptors (Lipinski definition) is 2. The standard InChI is InChI=1S/C26H17NO2/c1-16-24-20-13-7-8-14-22(20)27(17-9-3-2-4-10-17)23(24)15-21-18-11-5-6-12-19(18)26(28)29-25(16)21/h2-15H,1H3. The highest BCUT2D eigenvalue weighted by Crippen LogP contribution is 2.38. The quantitative estimate of drug-likeness (QED) is 0.248. The van der Waals surface area contributed by atoms with Crippen LogP contribution in [0.4, 0.5) is 0 Å². The van der Waals surface area contributed by atoms with Crippen LogP contribution in [0.15, 0.2) is 94.1 Å². The predicted octanol–water partition coefficient (Wildman–Crippen LogP) is 6.35. The lowest BCUT2D eigenvalue weighted by atomic mass is 10.0. The molecule has 138 valence electrons. The maximum atomic E-state index is 12.6. The lowest BCUT2D eigenvalue weighted by Gasteiger charge is -2.10. The first-order valence-electron chi connectivity index (χ1n) is 9.68. The molecule has 0 fully saturated rings. The highest BCUT2D eigenvalue weighted by molar-refractivity contribution is 6.18. The van der Waals surface area contributed by atoms with Crippen molar-refractivity contribution in [3.8, 4) is 5.69 Å². The Morgan fingerprint density at radius 2 is 1.34 bits per heavy atom. The number of fused-ring (bicyclic) bond motifs is 6. The van der Waals surface area contributed by atoms with Crippen molar-refractivity contribution in [3.05, 3.63) is 101 Å². The zero-order chi connectivity index (χ0) is 19.5. The molecule has 0 atom stereocenters. The molecule has 29 heavy (non-hydrogen) atoms. The summed E-state index contributed by atoms with van der Waals surface area (Å²) in [5, 5.41) is 4.77. The van der Waals surface area contributed by atoms with Crippen molar-refractivity contribution >= 4 is 43.5 Å². The Hall–Kier alpha value is -3.85. The molecule has 3 heteroatoms. The predicted molar refractivity (Wildman–Crippen MR) is 119 cm³/mol. The number of hydrogen-bond donors (Lipinski definition) is 0. The average Bonchev–Trinajstić information content (AvgIpc) is 3.10. The maximum Gasteiger partial charge on any atom is 0.344 e. The normalized spacial score (nSPS) is 11.8. The Kier molecular flexibility index (Phi) is 3.24. The first-order valence-corrected chi connectivity index (χ1v) is 9.68. The first-order chi connectivity index (χ1) is 14.2. The molecule has 0 spiro atoms. The summed E-state index contributed by atoms with van der Waals surface area (Å²) in [6.07, 6.45) is 0. The van der Waals surface area contributed by atoms with Crippen LogP contribution in [-0.2, 0) is 0 Å². The Balaban J connectivity index is 1.93. The maximum absolute atomic E-state index is 12.6. The highest BCUT2D eigenvalue weighted by Gasteiger charge is 2.18. The molecule has 2 heterocycles. The van der Waals surface area contributed by atoms with E-state index in [9.17, 15) is 4.79 Å². The number of aryl methyl sites for hydroxylation is 1. The zero-order valence-corrected chi connectivity index (χ0v) is 15.8. The zero-order valence-electron chi connectivity index (χ0n) is 15.8. The average molecular weight is 375 g/mol. The second-order valence-electron chi connectivity index (χ2n) is 7.40. The number of nitrogens with zero attached hydrogens (tertiary/aromatic N) is 1. The van der Waals surface area contributed by atoms with Crippen molar-refractivity contribution in [2.75, 3.05) is 0 Å². The Labute approximate surface area is 166 Å². The van der Waals surface area contributed by atoms with E-state index in [1.165, 1.54) is 0 Å². The minimum atomic E-state index is -0.289. The summed E-state index contributed by atoms with van der Waals surface area (Å²) >= 11 is 0. The Morgan fingerprint density at radius 3 is 2.14 bits per heavy atom. The molecule has 0 N–H and O–H groups in total. The lowest BCUT2D eigenvalue weighted by molar-refractivity contribution is 0.568. The van der Waals surface area contributed by atoms with E-state index in [4.69, 9.17) is 4.42 Å². The number of para-hydroxylation sites is 2. The van der Waals surface area contributed by atoms with Gasteiger partial charge in [0, 0.05) is 32.8 Å². The van der Waals surface area contributed by atoms with Gasteiger partial charge in [-0.1, -0.05) is 54.6 Å². The van der Waals surface area contributed by atoms with E-state index in [0.29, 0.717) is 11.0 Å². The van der Waals surface area contributed by atoms with Crippen molar-refractivity contribution < 1.29 is 4.42 Å². The van der Waals surface area contributed by atoms with Crippen LogP contribution >= 0.6 is 0 Å². The third-order valence-electron chi connectivity index (χ3n) is 5.80. The second kappa shape index (κ2) is 5.82. The number of rotatable bonds is 1. The van der Waals surface area contributed by atoms with Crippen LogP contribution in [0.3, 0.4) is 0 Å². The van der Waals surface area contributed by atoms with E-state index in [2.05, 4.69) is 59.2 Å². The van der Waals surface area contributed by atoms with Crippen molar-refractivity contribution in [2.24, 2.45) is 0 Å². The van der Waals surface area contributed by atoms with Crippen molar-refractivity contribution in [1.29, 1.82) is 0 Å². The Morgan fingerprint density at radius 1 is 0.690 bits per heavy atom. The molecule has 2 aromatic heterocycles. The molecule has 4 aromatic carbocycles. The minimum absolute atomic E-state index is 0.289. The molecule has 6 rings (SSSR count). The molecule has 0 aliphatic carbocycles. The second-order valence-corrected chi connectivity index (χ2v) is 7.40. The summed E-state index contributed by atoms with van der Waals surface area (Å²) < 4.78 is 8.10. The van der Waals surface area contributed by atoms with Crippen LogP contribution < -0.4 is 5.63 Å². The number of benzene rings is 4. The highest BCUT2D eigenvalue weighted by atomic mass is 16.4. The van der Waals surface area contributed by atoms with Gasteiger partial charge in [-0.3, -0.25) is 0 Å². The fraction of sp³-hybridized carbons (Fsp3) is 0.0385. The summed E-state index contributed by atoms with van der Waals surface area (Å²) in [5.41, 5.74) is 4.73. The minimum Gasteiger partial charge on any atom is -0.422 e. The summed E-state index contributed by atoms with van der Waals surface area (Å²) in [7, 11) is 0. The van der Waals surface area contributed by atoms with Gasteiger partial charge in [-0.15, -0.1) is 0 Å². The van der Waals surface area contributed by atoms with Gasteiger partial charge in [0.15, 0.2) is 0 Å². The van der Waals surface area contributed by atoms with Crippen molar-refractivity contribution in [2.45, 2.75) is 6.92 Å². The van der Waals surface area contributed by atoms with Gasteiger partial charge in [-0.25, -0.2) is 4.79 Å². The SMILES string of the molecule is Cc1c2oc(=O)c3ccccc3c2cc2c1c1ccccc1n2-c1ccccc1. The van der Waals surface area contributed by atoms with E-state index >= 15 is 0 Å². The largest absolute Gasteiger partial charge is 0.422 e. The Bertz CT molecular complexity index is 1620. The van der Waals surface area contributed by atoms with E-state index in [1.54, 1.807) is 0 Å². The lowest BCUT2D eigenvalue weighted by Crippen LogP contribution is -2.01. The molecule has 0 bridgehead atoms. The molecular formula is C26H17NO2. The van der Waals surface area contributed by atoms with Gasteiger partial charge in [-0.2, -0.15) is 0 Å². The topological polar surface area (TPSA) is 35.1 Å². The van der Waals surface area contributed by atoms with E-state index in [1.807, 2.05) is 37.3 Å². The van der Waals surface area contributed by atoms with Gasteiger partial charge < -0.3 is 8.98 Å². The fourth-order valence-electron chi connectivity index (χ4n) is 4.54. The van der Waals surface area contributed by atoms with E-state index in [-0.39, 0.29) is 5.63 Å². The van der Waals surface area contributed by atoms with Gasteiger partial charge in [-0.05, 0) is 37.3 Å². The summed E-state index contributed by atoms with van der Waals surface area (Å²) in [6.45, 7) is 2.05. The molecule has 0 amide bonds. The van der Waals surface area contributed by atoms with E-state index in [0.717, 1.165) is 43.8 Å². The number of aromatic nitrogens is 1.